The summed E-state index contributed by atoms with van der Waals surface area (Å²) >= 11 is 0. The Balaban J connectivity index is 1.80. The van der Waals surface area contributed by atoms with Gasteiger partial charge in [-0.3, -0.25) is 0 Å². The van der Waals surface area contributed by atoms with E-state index in [1.54, 1.807) is 0 Å². The number of hydrogen-bond donors (Lipinski definition) is 1. The van der Waals surface area contributed by atoms with Crippen LogP contribution in [0.25, 0.3) is 0 Å². The molecule has 0 amide bonds. The number of aliphatic hydroxyl groups is 1. The van der Waals surface area contributed by atoms with E-state index in [0.717, 1.165) is 44.2 Å². The van der Waals surface area contributed by atoms with Crippen molar-refractivity contribution in [2.45, 2.75) is 52.2 Å². The molecule has 0 saturated carbocycles. The van der Waals surface area contributed by atoms with E-state index in [0.29, 0.717) is 6.54 Å². The summed E-state index contributed by atoms with van der Waals surface area (Å²) in [6, 6.07) is 0. The third-order valence-electron chi connectivity index (χ3n) is 4.03. The highest BCUT2D eigenvalue weighted by molar-refractivity contribution is 4.93. The summed E-state index contributed by atoms with van der Waals surface area (Å²) in [5.74, 6) is 1.94. The Hall–Kier alpha value is -0.870. The summed E-state index contributed by atoms with van der Waals surface area (Å²) in [6.07, 6.45) is 8.13. The van der Waals surface area contributed by atoms with Gasteiger partial charge in [-0.15, -0.1) is 0 Å². The van der Waals surface area contributed by atoms with Crippen LogP contribution < -0.4 is 0 Å². The minimum atomic E-state index is -0.293. The van der Waals surface area contributed by atoms with Gasteiger partial charge in [0, 0.05) is 25.4 Å². The van der Waals surface area contributed by atoms with Gasteiger partial charge >= 0.3 is 0 Å². The Labute approximate surface area is 116 Å². The molecule has 1 N–H and O–H groups in total. The van der Waals surface area contributed by atoms with Crippen molar-refractivity contribution in [3.8, 4) is 0 Å². The summed E-state index contributed by atoms with van der Waals surface area (Å²) < 4.78 is 2.10. The predicted octanol–water partition coefficient (Wildman–Crippen LogP) is 1.93. The number of nitrogens with zero attached hydrogens (tertiary/aromatic N) is 3. The van der Waals surface area contributed by atoms with Gasteiger partial charge in [0.05, 0.1) is 12.6 Å². The van der Waals surface area contributed by atoms with Gasteiger partial charge < -0.3 is 14.6 Å². The number of hydrogen-bond acceptors (Lipinski definition) is 3. The maximum Gasteiger partial charge on any atom is 0.108 e. The summed E-state index contributed by atoms with van der Waals surface area (Å²) in [4.78, 5) is 6.74. The van der Waals surface area contributed by atoms with Crippen molar-refractivity contribution in [2.75, 3.05) is 19.6 Å². The monoisotopic (exact) mass is 265 g/mol. The first kappa shape index (κ1) is 14.5. The van der Waals surface area contributed by atoms with Crippen LogP contribution in [0.3, 0.4) is 0 Å². The molecule has 1 aliphatic heterocycles. The number of imidazole rings is 1. The van der Waals surface area contributed by atoms with Crippen LogP contribution >= 0.6 is 0 Å². The highest BCUT2D eigenvalue weighted by atomic mass is 16.3. The van der Waals surface area contributed by atoms with Gasteiger partial charge in [0.1, 0.15) is 5.82 Å². The summed E-state index contributed by atoms with van der Waals surface area (Å²) in [5.41, 5.74) is 0. The molecule has 19 heavy (non-hydrogen) atoms. The molecule has 0 radical (unpaired) electrons. The molecule has 0 aromatic carbocycles. The largest absolute Gasteiger partial charge is 0.390 e. The fraction of sp³-hybridized carbons (Fsp3) is 0.800. The molecule has 0 spiro atoms. The van der Waals surface area contributed by atoms with Crippen LogP contribution in [-0.2, 0) is 13.0 Å². The molecule has 1 aliphatic rings. The van der Waals surface area contributed by atoms with E-state index in [4.69, 9.17) is 0 Å². The Morgan fingerprint density at radius 2 is 2.11 bits per heavy atom. The van der Waals surface area contributed by atoms with Gasteiger partial charge in [0.25, 0.3) is 0 Å². The lowest BCUT2D eigenvalue weighted by molar-refractivity contribution is 0.0795. The van der Waals surface area contributed by atoms with Crippen molar-refractivity contribution in [3.05, 3.63) is 18.2 Å². The molecule has 1 fully saturated rings. The molecule has 0 bridgehead atoms. The highest BCUT2D eigenvalue weighted by Gasteiger charge is 2.18. The Morgan fingerprint density at radius 1 is 1.37 bits per heavy atom. The maximum absolute atomic E-state index is 10.2. The van der Waals surface area contributed by atoms with Crippen molar-refractivity contribution >= 4 is 0 Å². The van der Waals surface area contributed by atoms with Gasteiger partial charge in [-0.1, -0.05) is 13.8 Å². The zero-order valence-corrected chi connectivity index (χ0v) is 12.3. The lowest BCUT2D eigenvalue weighted by atomic mass is 9.99. The second-order valence-corrected chi connectivity index (χ2v) is 5.88. The number of aryl methyl sites for hydroxylation is 1. The second kappa shape index (κ2) is 7.06. The summed E-state index contributed by atoms with van der Waals surface area (Å²) in [6.45, 7) is 8.19. The topological polar surface area (TPSA) is 41.3 Å². The number of rotatable bonds is 6. The van der Waals surface area contributed by atoms with Gasteiger partial charge in [0.15, 0.2) is 0 Å². The van der Waals surface area contributed by atoms with E-state index < -0.39 is 0 Å². The fourth-order valence-corrected chi connectivity index (χ4v) is 2.79. The Kier molecular flexibility index (Phi) is 5.40. The van der Waals surface area contributed by atoms with Crippen LogP contribution in [0.2, 0.25) is 0 Å². The SMILES string of the molecule is CCCc1nccn1CC(O)CN1CCC(C)CC1. The first-order valence-corrected chi connectivity index (χ1v) is 7.59. The number of aromatic nitrogens is 2. The lowest BCUT2D eigenvalue weighted by Crippen LogP contribution is -2.39. The zero-order valence-electron chi connectivity index (χ0n) is 12.3. The van der Waals surface area contributed by atoms with E-state index in [2.05, 4.69) is 28.3 Å². The molecule has 0 aliphatic carbocycles. The molecule has 2 rings (SSSR count). The third-order valence-corrected chi connectivity index (χ3v) is 4.03. The van der Waals surface area contributed by atoms with Gasteiger partial charge in [-0.25, -0.2) is 4.98 Å². The molecule has 108 valence electrons. The number of β-amino-alcohol motifs (C(OH)–C–C–N with tert-alkyl or cyclic N) is 1. The quantitative estimate of drug-likeness (QED) is 0.854. The molecule has 1 aromatic rings. The zero-order chi connectivity index (χ0) is 13.7. The van der Waals surface area contributed by atoms with Gasteiger partial charge in [-0.05, 0) is 38.3 Å². The van der Waals surface area contributed by atoms with Crippen LogP contribution in [0.15, 0.2) is 12.4 Å². The smallest absolute Gasteiger partial charge is 0.108 e. The normalized spacial score (nSPS) is 19.7. The van der Waals surface area contributed by atoms with Crippen molar-refractivity contribution in [1.29, 1.82) is 0 Å². The van der Waals surface area contributed by atoms with Crippen LogP contribution in [0.5, 0.6) is 0 Å². The van der Waals surface area contributed by atoms with Gasteiger partial charge in [-0.2, -0.15) is 0 Å². The predicted molar refractivity (Wildman–Crippen MR) is 77.1 cm³/mol. The molecule has 1 unspecified atom stereocenters. The second-order valence-electron chi connectivity index (χ2n) is 5.88. The van der Waals surface area contributed by atoms with Crippen molar-refractivity contribution < 1.29 is 5.11 Å². The average Bonchev–Trinajstić information content (AvgIpc) is 2.80. The van der Waals surface area contributed by atoms with E-state index in [-0.39, 0.29) is 6.10 Å². The number of aliphatic hydroxyl groups excluding tert-OH is 1. The molecular weight excluding hydrogens is 238 g/mol. The van der Waals surface area contributed by atoms with Gasteiger partial charge in [0.2, 0.25) is 0 Å². The van der Waals surface area contributed by atoms with E-state index in [9.17, 15) is 5.11 Å². The highest BCUT2D eigenvalue weighted by Crippen LogP contribution is 2.16. The van der Waals surface area contributed by atoms with Crippen molar-refractivity contribution in [2.24, 2.45) is 5.92 Å². The van der Waals surface area contributed by atoms with Crippen LogP contribution in [0, 0.1) is 5.92 Å². The third kappa shape index (κ3) is 4.32. The average molecular weight is 265 g/mol. The van der Waals surface area contributed by atoms with Crippen molar-refractivity contribution in [1.82, 2.24) is 14.5 Å². The first-order valence-electron chi connectivity index (χ1n) is 7.59. The summed E-state index contributed by atoms with van der Waals surface area (Å²) in [5, 5.41) is 10.2. The van der Waals surface area contributed by atoms with E-state index >= 15 is 0 Å². The molecular formula is C15H27N3O. The van der Waals surface area contributed by atoms with Crippen LogP contribution in [0.4, 0.5) is 0 Å². The minimum absolute atomic E-state index is 0.293. The number of likely N-dealkylation sites (tertiary alicyclic amines) is 1. The molecule has 1 aromatic heterocycles. The molecule has 1 saturated heterocycles. The molecule has 4 heteroatoms. The fourth-order valence-electron chi connectivity index (χ4n) is 2.79. The molecule has 4 nitrogen and oxygen atoms in total. The molecule has 2 heterocycles. The Morgan fingerprint density at radius 3 is 2.79 bits per heavy atom. The maximum atomic E-state index is 10.2. The van der Waals surface area contributed by atoms with E-state index in [1.807, 2.05) is 12.4 Å². The van der Waals surface area contributed by atoms with Crippen LogP contribution in [0.1, 0.15) is 38.9 Å². The number of piperidine rings is 1. The Bertz CT molecular complexity index is 369. The van der Waals surface area contributed by atoms with Crippen molar-refractivity contribution in [3.63, 3.8) is 0 Å². The standard InChI is InChI=1S/C15H27N3O/c1-3-4-15-16-7-10-18(15)12-14(19)11-17-8-5-13(2)6-9-17/h7,10,13-14,19H,3-6,8-9,11-12H2,1-2H3. The van der Waals surface area contributed by atoms with Crippen LogP contribution in [-0.4, -0.2) is 45.3 Å². The molecule has 1 atom stereocenters. The summed E-state index contributed by atoms with van der Waals surface area (Å²) in [7, 11) is 0. The first-order chi connectivity index (χ1) is 9.19. The lowest BCUT2D eigenvalue weighted by Gasteiger charge is -2.31. The van der Waals surface area contributed by atoms with E-state index in [1.165, 1.54) is 12.8 Å². The minimum Gasteiger partial charge on any atom is -0.390 e.